The quantitative estimate of drug-likeness (QED) is 0.428. The highest BCUT2D eigenvalue weighted by Gasteiger charge is 2.09. The molecule has 0 radical (unpaired) electrons. The number of esters is 1. The molecule has 0 aliphatic heterocycles. The van der Waals surface area contributed by atoms with Gasteiger partial charge in [-0.25, -0.2) is 9.78 Å². The third-order valence-corrected chi connectivity index (χ3v) is 3.96. The minimum atomic E-state index is -0.404. The van der Waals surface area contributed by atoms with E-state index in [1.165, 1.54) is 7.11 Å². The first-order valence-electron chi connectivity index (χ1n) is 7.62. The van der Waals surface area contributed by atoms with Crippen LogP contribution in [-0.4, -0.2) is 24.3 Å². The lowest BCUT2D eigenvalue weighted by molar-refractivity contribution is 0.0600. The molecule has 0 saturated heterocycles. The first kappa shape index (κ1) is 16.9. The molecule has 0 spiro atoms. The van der Waals surface area contributed by atoms with Crippen molar-refractivity contribution >= 4 is 40.5 Å². The van der Waals surface area contributed by atoms with Gasteiger partial charge >= 0.3 is 5.97 Å². The summed E-state index contributed by atoms with van der Waals surface area (Å²) in [7, 11) is 1.35. The van der Waals surface area contributed by atoms with Gasteiger partial charge in [-0.2, -0.15) is 5.10 Å². The zero-order valence-corrected chi connectivity index (χ0v) is 14.5. The number of methoxy groups -OCH3 is 1. The van der Waals surface area contributed by atoms with E-state index in [1.807, 2.05) is 31.2 Å². The van der Waals surface area contributed by atoms with Crippen LogP contribution in [0.4, 0.5) is 5.82 Å². The Morgan fingerprint density at radius 3 is 2.84 bits per heavy atom. The normalized spacial score (nSPS) is 11.0. The number of aryl methyl sites for hydroxylation is 1. The van der Waals surface area contributed by atoms with E-state index in [-0.39, 0.29) is 0 Å². The molecular weight excluding hydrogens is 338 g/mol. The summed E-state index contributed by atoms with van der Waals surface area (Å²) >= 11 is 6.03. The van der Waals surface area contributed by atoms with Crippen LogP contribution in [0.15, 0.2) is 53.6 Å². The topological polar surface area (TPSA) is 63.6 Å². The second kappa shape index (κ2) is 7.32. The smallest absolute Gasteiger partial charge is 0.338 e. The molecule has 0 saturated carbocycles. The first-order chi connectivity index (χ1) is 12.1. The van der Waals surface area contributed by atoms with Gasteiger partial charge in [0.15, 0.2) is 0 Å². The number of hydrogen-bond donors (Lipinski definition) is 1. The Labute approximate surface area is 150 Å². The number of pyridine rings is 1. The van der Waals surface area contributed by atoms with Crippen LogP contribution in [0.25, 0.3) is 10.9 Å². The van der Waals surface area contributed by atoms with E-state index in [9.17, 15) is 4.79 Å². The Balaban J connectivity index is 1.85. The second-order valence-electron chi connectivity index (χ2n) is 5.43. The minimum absolute atomic E-state index is 0.404. The van der Waals surface area contributed by atoms with Gasteiger partial charge in [0.05, 0.1) is 24.4 Å². The summed E-state index contributed by atoms with van der Waals surface area (Å²) < 4.78 is 4.77. The highest BCUT2D eigenvalue weighted by atomic mass is 35.5. The van der Waals surface area contributed by atoms with Crippen molar-refractivity contribution in [2.24, 2.45) is 5.10 Å². The lowest BCUT2D eigenvalue weighted by Gasteiger charge is -2.06. The van der Waals surface area contributed by atoms with Crippen LogP contribution in [0, 0.1) is 6.92 Å². The Bertz CT molecular complexity index is 970. The zero-order chi connectivity index (χ0) is 17.8. The minimum Gasteiger partial charge on any atom is -0.465 e. The number of hydrazone groups is 1. The molecule has 3 rings (SSSR count). The van der Waals surface area contributed by atoms with Gasteiger partial charge in [-0.05, 0) is 42.8 Å². The van der Waals surface area contributed by atoms with Gasteiger partial charge in [-0.3, -0.25) is 5.43 Å². The summed E-state index contributed by atoms with van der Waals surface area (Å²) in [4.78, 5) is 16.3. The molecule has 0 amide bonds. The van der Waals surface area contributed by atoms with Crippen molar-refractivity contribution in [3.63, 3.8) is 0 Å². The fourth-order valence-electron chi connectivity index (χ4n) is 2.50. The number of nitrogens with one attached hydrogen (secondary N) is 1. The van der Waals surface area contributed by atoms with Gasteiger partial charge < -0.3 is 4.74 Å². The van der Waals surface area contributed by atoms with Crippen LogP contribution in [0.2, 0.25) is 5.02 Å². The Hall–Kier alpha value is -2.92. The van der Waals surface area contributed by atoms with Crippen LogP contribution in [-0.2, 0) is 4.74 Å². The maximum absolute atomic E-state index is 11.8. The number of fused-ring (bicyclic) bond motifs is 1. The highest BCUT2D eigenvalue weighted by molar-refractivity contribution is 6.31. The number of ether oxygens (including phenoxy) is 1. The standard InChI is InChI=1S/C19H16ClN3O2/c1-12-9-18(22-17-8-7-14(20)10-16(12)17)23-21-11-13-5-3-4-6-15(13)19(24)25-2/h3-11H,1-2H3,(H,22,23)/b21-11-. The third kappa shape index (κ3) is 3.78. The van der Waals surface area contributed by atoms with Crippen molar-refractivity contribution in [1.82, 2.24) is 4.98 Å². The predicted molar refractivity (Wildman–Crippen MR) is 100 cm³/mol. The fourth-order valence-corrected chi connectivity index (χ4v) is 2.67. The lowest BCUT2D eigenvalue weighted by atomic mass is 10.1. The molecule has 5 nitrogen and oxygen atoms in total. The monoisotopic (exact) mass is 353 g/mol. The van der Waals surface area contributed by atoms with Crippen LogP contribution < -0.4 is 5.43 Å². The van der Waals surface area contributed by atoms with Gasteiger partial charge in [0.1, 0.15) is 5.82 Å². The van der Waals surface area contributed by atoms with Crippen LogP contribution in [0.1, 0.15) is 21.5 Å². The number of aromatic nitrogens is 1. The summed E-state index contributed by atoms with van der Waals surface area (Å²) in [5, 5.41) is 5.86. The van der Waals surface area contributed by atoms with Crippen molar-refractivity contribution in [1.29, 1.82) is 0 Å². The number of rotatable bonds is 4. The average molecular weight is 354 g/mol. The molecule has 6 heteroatoms. The summed E-state index contributed by atoms with van der Waals surface area (Å²) in [6, 6.07) is 14.5. The SMILES string of the molecule is COC(=O)c1ccccc1/C=N\Nc1cc(C)c2cc(Cl)ccc2n1. The molecule has 0 atom stereocenters. The van der Waals surface area contributed by atoms with E-state index in [1.54, 1.807) is 30.5 Å². The summed E-state index contributed by atoms with van der Waals surface area (Å²) in [6.07, 6.45) is 1.56. The summed E-state index contributed by atoms with van der Waals surface area (Å²) in [5.74, 6) is 0.206. The number of benzene rings is 2. The molecule has 0 bridgehead atoms. The number of hydrogen-bond acceptors (Lipinski definition) is 5. The molecule has 0 fully saturated rings. The van der Waals surface area contributed by atoms with Gasteiger partial charge in [-0.15, -0.1) is 0 Å². The molecule has 126 valence electrons. The van der Waals surface area contributed by atoms with Crippen LogP contribution in [0.5, 0.6) is 0 Å². The van der Waals surface area contributed by atoms with Crippen molar-refractivity contribution in [2.75, 3.05) is 12.5 Å². The van der Waals surface area contributed by atoms with Gasteiger partial charge in [0.2, 0.25) is 0 Å². The number of anilines is 1. The molecule has 0 aliphatic rings. The maximum Gasteiger partial charge on any atom is 0.338 e. The van der Waals surface area contributed by atoms with Gasteiger partial charge in [0, 0.05) is 16.0 Å². The molecule has 1 aromatic heterocycles. The Morgan fingerprint density at radius 1 is 1.24 bits per heavy atom. The largest absolute Gasteiger partial charge is 0.465 e. The Kier molecular flexibility index (Phi) is 4.95. The molecule has 0 aliphatic carbocycles. The number of carbonyl (C=O) groups excluding carboxylic acids is 1. The maximum atomic E-state index is 11.8. The highest BCUT2D eigenvalue weighted by Crippen LogP contribution is 2.23. The molecule has 1 N–H and O–H groups in total. The van der Waals surface area contributed by atoms with E-state index in [4.69, 9.17) is 16.3 Å². The van der Waals surface area contributed by atoms with Crippen molar-refractivity contribution in [3.05, 3.63) is 70.2 Å². The molecule has 1 heterocycles. The first-order valence-corrected chi connectivity index (χ1v) is 7.99. The van der Waals surface area contributed by atoms with Crippen molar-refractivity contribution < 1.29 is 9.53 Å². The van der Waals surface area contributed by atoms with E-state index in [0.29, 0.717) is 22.0 Å². The fraction of sp³-hybridized carbons (Fsp3) is 0.105. The second-order valence-corrected chi connectivity index (χ2v) is 5.87. The van der Waals surface area contributed by atoms with E-state index in [2.05, 4.69) is 15.5 Å². The Morgan fingerprint density at radius 2 is 2.04 bits per heavy atom. The molecule has 2 aromatic carbocycles. The molecule has 25 heavy (non-hydrogen) atoms. The predicted octanol–water partition coefficient (Wildman–Crippen LogP) is 4.43. The van der Waals surface area contributed by atoms with Gasteiger partial charge in [0.25, 0.3) is 0 Å². The van der Waals surface area contributed by atoms with Crippen LogP contribution in [0.3, 0.4) is 0 Å². The third-order valence-electron chi connectivity index (χ3n) is 3.73. The van der Waals surface area contributed by atoms with Crippen molar-refractivity contribution in [2.45, 2.75) is 6.92 Å². The number of carbonyl (C=O) groups is 1. The lowest BCUT2D eigenvalue weighted by Crippen LogP contribution is -2.05. The van der Waals surface area contributed by atoms with E-state index in [0.717, 1.165) is 16.5 Å². The van der Waals surface area contributed by atoms with Crippen molar-refractivity contribution in [3.8, 4) is 0 Å². The molecule has 3 aromatic rings. The molecular formula is C19H16ClN3O2. The van der Waals surface area contributed by atoms with E-state index < -0.39 is 5.97 Å². The number of nitrogens with zero attached hydrogens (tertiary/aromatic N) is 2. The van der Waals surface area contributed by atoms with E-state index >= 15 is 0 Å². The van der Waals surface area contributed by atoms with Gasteiger partial charge in [-0.1, -0.05) is 29.8 Å². The summed E-state index contributed by atoms with van der Waals surface area (Å²) in [5.41, 5.74) is 5.88. The summed E-state index contributed by atoms with van der Waals surface area (Å²) in [6.45, 7) is 1.99. The molecule has 0 unspecified atom stereocenters. The number of halogens is 1. The van der Waals surface area contributed by atoms with Crippen LogP contribution >= 0.6 is 11.6 Å². The average Bonchev–Trinajstić information content (AvgIpc) is 2.62. The zero-order valence-electron chi connectivity index (χ0n) is 13.8.